The van der Waals surface area contributed by atoms with E-state index in [0.29, 0.717) is 27.3 Å². The highest BCUT2D eigenvalue weighted by molar-refractivity contribution is 9.10. The quantitative estimate of drug-likeness (QED) is 0.460. The molecule has 2 heterocycles. The molecule has 0 atom stereocenters. The van der Waals surface area contributed by atoms with E-state index < -0.39 is 10.8 Å². The fourth-order valence-corrected chi connectivity index (χ4v) is 3.62. The Kier molecular flexibility index (Phi) is 5.11. The first-order chi connectivity index (χ1) is 12.0. The lowest BCUT2D eigenvalue weighted by Gasteiger charge is -2.03. The zero-order valence-corrected chi connectivity index (χ0v) is 15.4. The molecule has 130 valence electrons. The summed E-state index contributed by atoms with van der Waals surface area (Å²) in [6, 6.07) is 7.67. The summed E-state index contributed by atoms with van der Waals surface area (Å²) in [5.74, 6) is -0.425. The maximum atomic E-state index is 12.3. The third-order valence-electron chi connectivity index (χ3n) is 3.38. The minimum atomic E-state index is -0.530. The molecule has 1 amide bonds. The monoisotopic (exact) mass is 425 g/mol. The first-order valence-corrected chi connectivity index (χ1v) is 8.71. The number of benzene rings is 1. The Morgan fingerprint density at radius 1 is 1.44 bits per heavy atom. The maximum Gasteiger partial charge on any atom is 0.315 e. The molecule has 0 saturated heterocycles. The largest absolute Gasteiger partial charge is 0.444 e. The van der Waals surface area contributed by atoms with E-state index in [2.05, 4.69) is 20.9 Å². The number of non-ortho nitro benzene ring substituents is 1. The molecule has 0 aliphatic rings. The van der Waals surface area contributed by atoms with Gasteiger partial charge in [-0.2, -0.15) is 4.99 Å². The number of aromatic nitrogens is 1. The predicted molar refractivity (Wildman–Crippen MR) is 94.6 cm³/mol. The summed E-state index contributed by atoms with van der Waals surface area (Å²) in [4.78, 5) is 27.3. The zero-order chi connectivity index (χ0) is 18.0. The Hall–Kier alpha value is -2.30. The van der Waals surface area contributed by atoms with Gasteiger partial charge < -0.3 is 13.7 Å². The first-order valence-electron chi connectivity index (χ1n) is 7.10. The molecular weight excluding hydrogens is 414 g/mol. The number of carbonyl (C=O) groups is 1. The lowest BCUT2D eigenvalue weighted by Crippen LogP contribution is -2.19. The van der Waals surface area contributed by atoms with Crippen molar-refractivity contribution in [2.45, 2.75) is 6.54 Å². The smallest absolute Gasteiger partial charge is 0.315 e. The number of hydrogen-bond donors (Lipinski definition) is 0. The normalized spacial score (nSPS) is 12.0. The number of amides is 1. The number of hydrogen-bond acceptors (Lipinski definition) is 6. The van der Waals surface area contributed by atoms with Gasteiger partial charge in [0.05, 0.1) is 21.7 Å². The van der Waals surface area contributed by atoms with Gasteiger partial charge in [-0.05, 0) is 34.1 Å². The van der Waals surface area contributed by atoms with Gasteiger partial charge >= 0.3 is 5.91 Å². The molecule has 0 bridgehead atoms. The standard InChI is InChI=1S/C15H12BrN3O5S/c1-23-7-6-18-10-3-2-9(19(21)22)8-12(10)25-15(18)17-14(20)11-4-5-13(16)24-11/h2-5,8H,6-7H2,1H3. The molecule has 2 aromatic heterocycles. The minimum absolute atomic E-state index is 0.0134. The molecule has 3 aromatic rings. The van der Waals surface area contributed by atoms with Gasteiger partial charge in [0.25, 0.3) is 5.69 Å². The van der Waals surface area contributed by atoms with Gasteiger partial charge in [0.15, 0.2) is 15.2 Å². The molecule has 1 aromatic carbocycles. The van der Waals surface area contributed by atoms with Crippen LogP contribution in [-0.2, 0) is 11.3 Å². The Morgan fingerprint density at radius 3 is 2.88 bits per heavy atom. The van der Waals surface area contributed by atoms with Crippen LogP contribution in [0.1, 0.15) is 10.6 Å². The number of furan rings is 1. The van der Waals surface area contributed by atoms with Crippen molar-refractivity contribution >= 4 is 49.1 Å². The Morgan fingerprint density at radius 2 is 2.24 bits per heavy atom. The third kappa shape index (κ3) is 3.70. The average molecular weight is 426 g/mol. The van der Waals surface area contributed by atoms with Gasteiger partial charge in [0.2, 0.25) is 0 Å². The third-order valence-corrected chi connectivity index (χ3v) is 4.84. The molecule has 0 saturated carbocycles. The molecule has 8 nitrogen and oxygen atoms in total. The lowest BCUT2D eigenvalue weighted by atomic mass is 10.3. The number of thiazole rings is 1. The Bertz CT molecular complexity index is 1020. The van der Waals surface area contributed by atoms with Gasteiger partial charge in [-0.1, -0.05) is 11.3 Å². The molecule has 0 radical (unpaired) electrons. The van der Waals surface area contributed by atoms with E-state index in [1.807, 2.05) is 0 Å². The van der Waals surface area contributed by atoms with Gasteiger partial charge in [-0.3, -0.25) is 14.9 Å². The number of methoxy groups -OCH3 is 1. The van der Waals surface area contributed by atoms with Crippen molar-refractivity contribution in [1.82, 2.24) is 4.57 Å². The summed E-state index contributed by atoms with van der Waals surface area (Å²) >= 11 is 4.34. The van der Waals surface area contributed by atoms with Crippen molar-refractivity contribution in [3.8, 4) is 0 Å². The highest BCUT2D eigenvalue weighted by Crippen LogP contribution is 2.23. The van der Waals surface area contributed by atoms with Gasteiger partial charge in [0, 0.05) is 25.8 Å². The zero-order valence-electron chi connectivity index (χ0n) is 13.0. The van der Waals surface area contributed by atoms with Crippen molar-refractivity contribution in [2.24, 2.45) is 4.99 Å². The number of nitrogens with zero attached hydrogens (tertiary/aromatic N) is 3. The molecule has 25 heavy (non-hydrogen) atoms. The van der Waals surface area contributed by atoms with Crippen molar-refractivity contribution < 1.29 is 18.9 Å². The van der Waals surface area contributed by atoms with Crippen LogP contribution in [-0.4, -0.2) is 29.1 Å². The summed E-state index contributed by atoms with van der Waals surface area (Å²) in [6.07, 6.45) is 0. The van der Waals surface area contributed by atoms with Crippen LogP contribution in [0.25, 0.3) is 10.2 Å². The van der Waals surface area contributed by atoms with Crippen molar-refractivity contribution in [3.63, 3.8) is 0 Å². The van der Waals surface area contributed by atoms with Crippen LogP contribution in [0.3, 0.4) is 0 Å². The fraction of sp³-hybridized carbons (Fsp3) is 0.200. The molecule has 0 fully saturated rings. The number of nitro benzene ring substituents is 1. The van der Waals surface area contributed by atoms with E-state index in [0.717, 1.165) is 5.52 Å². The number of halogens is 1. The van der Waals surface area contributed by atoms with E-state index in [1.54, 1.807) is 23.8 Å². The number of nitro groups is 1. The molecule has 0 N–H and O–H groups in total. The Balaban J connectivity index is 2.12. The van der Waals surface area contributed by atoms with Crippen LogP contribution in [0.2, 0.25) is 0 Å². The highest BCUT2D eigenvalue weighted by atomic mass is 79.9. The summed E-state index contributed by atoms with van der Waals surface area (Å²) in [5.41, 5.74) is 0.736. The predicted octanol–water partition coefficient (Wildman–Crippen LogP) is 3.35. The van der Waals surface area contributed by atoms with Crippen molar-refractivity contribution in [1.29, 1.82) is 0 Å². The van der Waals surface area contributed by atoms with Crippen molar-refractivity contribution in [2.75, 3.05) is 13.7 Å². The SMILES string of the molecule is COCCn1c(=NC(=O)c2ccc(Br)o2)sc2cc([N+](=O)[O-])ccc21. The van der Waals surface area contributed by atoms with E-state index in [4.69, 9.17) is 9.15 Å². The van der Waals surface area contributed by atoms with Gasteiger partial charge in [0.1, 0.15) is 0 Å². The molecule has 3 rings (SSSR count). The lowest BCUT2D eigenvalue weighted by molar-refractivity contribution is -0.384. The summed E-state index contributed by atoms with van der Waals surface area (Å²) < 4.78 is 13.2. The first kappa shape index (κ1) is 17.5. The van der Waals surface area contributed by atoms with Crippen LogP contribution in [0, 0.1) is 10.1 Å². The van der Waals surface area contributed by atoms with E-state index >= 15 is 0 Å². The van der Waals surface area contributed by atoms with Crippen molar-refractivity contribution in [3.05, 3.63) is 55.7 Å². The van der Waals surface area contributed by atoms with Gasteiger partial charge in [-0.15, -0.1) is 0 Å². The topological polar surface area (TPSA) is 99.9 Å². The molecule has 0 unspecified atom stereocenters. The summed E-state index contributed by atoms with van der Waals surface area (Å²) in [5, 5.41) is 11.0. The maximum absolute atomic E-state index is 12.3. The van der Waals surface area contributed by atoms with E-state index in [-0.39, 0.29) is 11.4 Å². The second-order valence-electron chi connectivity index (χ2n) is 4.96. The minimum Gasteiger partial charge on any atom is -0.444 e. The van der Waals surface area contributed by atoms with Gasteiger partial charge in [-0.25, -0.2) is 0 Å². The second kappa shape index (κ2) is 7.30. The molecule has 0 aliphatic carbocycles. The number of rotatable bonds is 5. The second-order valence-corrected chi connectivity index (χ2v) is 6.75. The average Bonchev–Trinajstić information content (AvgIpc) is 3.15. The molecular formula is C15H12BrN3O5S. The number of ether oxygens (including phenoxy) is 1. The van der Waals surface area contributed by atoms with E-state index in [1.165, 1.54) is 29.5 Å². The Labute approximate surface area is 153 Å². The molecule has 0 aliphatic heterocycles. The molecule has 0 spiro atoms. The van der Waals surface area contributed by atoms with Crippen LogP contribution >= 0.6 is 27.3 Å². The number of carbonyl (C=O) groups excluding carboxylic acids is 1. The fourth-order valence-electron chi connectivity index (χ4n) is 2.23. The molecule has 10 heteroatoms. The van der Waals surface area contributed by atoms with Crippen LogP contribution in [0.4, 0.5) is 5.69 Å². The summed E-state index contributed by atoms with van der Waals surface area (Å²) in [7, 11) is 1.57. The van der Waals surface area contributed by atoms with Crippen LogP contribution in [0.15, 0.2) is 44.4 Å². The number of fused-ring (bicyclic) bond motifs is 1. The summed E-state index contributed by atoms with van der Waals surface area (Å²) in [6.45, 7) is 0.874. The highest BCUT2D eigenvalue weighted by Gasteiger charge is 2.14. The van der Waals surface area contributed by atoms with Crippen LogP contribution in [0.5, 0.6) is 0 Å². The van der Waals surface area contributed by atoms with E-state index in [9.17, 15) is 14.9 Å². The van der Waals surface area contributed by atoms with Crippen LogP contribution < -0.4 is 4.80 Å².